The predicted octanol–water partition coefficient (Wildman–Crippen LogP) is 4.26. The topological polar surface area (TPSA) is 38.1 Å². The van der Waals surface area contributed by atoms with Gasteiger partial charge in [-0.1, -0.05) is 36.4 Å². The van der Waals surface area contributed by atoms with Crippen LogP contribution in [0.5, 0.6) is 0 Å². The fourth-order valence-corrected chi connectivity index (χ4v) is 4.03. The van der Waals surface area contributed by atoms with Gasteiger partial charge in [-0.25, -0.2) is 0 Å². The molecule has 3 aromatic rings. The van der Waals surface area contributed by atoms with E-state index >= 15 is 0 Å². The number of rotatable bonds is 4. The first-order chi connectivity index (χ1) is 13.2. The molecular weight excluding hydrogens is 334 g/mol. The number of carbonyl (C=O) groups excluding carboxylic acids is 1. The summed E-state index contributed by atoms with van der Waals surface area (Å²) in [7, 11) is 0. The smallest absolute Gasteiger partial charge is 0.253 e. The first kappa shape index (κ1) is 17.5. The molecule has 0 N–H and O–H groups in total. The summed E-state index contributed by atoms with van der Waals surface area (Å²) in [5.41, 5.74) is 4.56. The van der Waals surface area contributed by atoms with Gasteiger partial charge >= 0.3 is 0 Å². The van der Waals surface area contributed by atoms with E-state index < -0.39 is 0 Å². The Hall–Kier alpha value is -2.88. The Kier molecular flexibility index (Phi) is 5.05. The van der Waals surface area contributed by atoms with Crippen molar-refractivity contribution in [2.24, 2.45) is 0 Å². The van der Waals surface area contributed by atoms with Crippen LogP contribution in [0, 0.1) is 6.92 Å². The van der Waals surface area contributed by atoms with Crippen LogP contribution in [0.1, 0.15) is 45.8 Å². The van der Waals surface area contributed by atoms with Crippen molar-refractivity contribution in [2.45, 2.75) is 32.2 Å². The molecule has 1 atom stereocenters. The molecule has 1 fully saturated rings. The number of carbonyl (C=O) groups is 1. The van der Waals surface area contributed by atoms with Gasteiger partial charge in [-0.15, -0.1) is 0 Å². The van der Waals surface area contributed by atoms with Gasteiger partial charge in [0.05, 0.1) is 6.54 Å². The molecule has 27 heavy (non-hydrogen) atoms. The van der Waals surface area contributed by atoms with Gasteiger partial charge < -0.3 is 4.90 Å². The highest BCUT2D eigenvalue weighted by Gasteiger charge is 2.26. The van der Waals surface area contributed by atoms with Crippen LogP contribution in [0.25, 0.3) is 0 Å². The molecule has 2 aromatic carbocycles. The Bertz CT molecular complexity index is 917. The Balaban J connectivity index is 1.50. The van der Waals surface area contributed by atoms with Gasteiger partial charge in [0.25, 0.3) is 5.91 Å². The van der Waals surface area contributed by atoms with E-state index in [-0.39, 0.29) is 5.91 Å². The standard InChI is InChI=1S/C23H25N3O/c1-18-7-2-3-11-22(18)21-10-5-13-25(17-21)23(27)20-9-4-8-19(15-20)16-26-14-6-12-24-26/h2-4,6-9,11-12,14-15,21H,5,10,13,16-17H2,1H3. The molecule has 2 heterocycles. The summed E-state index contributed by atoms with van der Waals surface area (Å²) in [4.78, 5) is 15.1. The van der Waals surface area contributed by atoms with E-state index in [4.69, 9.17) is 0 Å². The zero-order valence-electron chi connectivity index (χ0n) is 15.7. The first-order valence-corrected chi connectivity index (χ1v) is 9.62. The van der Waals surface area contributed by atoms with E-state index in [2.05, 4.69) is 36.3 Å². The summed E-state index contributed by atoms with van der Waals surface area (Å²) in [6.45, 7) is 4.48. The molecule has 0 radical (unpaired) electrons. The Morgan fingerprint density at radius 1 is 1.15 bits per heavy atom. The van der Waals surface area contributed by atoms with Crippen LogP contribution < -0.4 is 0 Å². The molecule has 1 aliphatic heterocycles. The molecule has 1 unspecified atom stereocenters. The normalized spacial score (nSPS) is 17.1. The van der Waals surface area contributed by atoms with Crippen molar-refractivity contribution in [3.63, 3.8) is 0 Å². The van der Waals surface area contributed by atoms with E-state index in [1.165, 1.54) is 11.1 Å². The molecular formula is C23H25N3O. The van der Waals surface area contributed by atoms with Gasteiger partial charge in [0, 0.05) is 37.0 Å². The molecule has 0 bridgehead atoms. The molecule has 4 rings (SSSR count). The zero-order chi connectivity index (χ0) is 18.6. The third-order valence-electron chi connectivity index (χ3n) is 5.41. The second-order valence-corrected chi connectivity index (χ2v) is 7.35. The van der Waals surface area contributed by atoms with Crippen LogP contribution in [0.15, 0.2) is 67.0 Å². The summed E-state index contributed by atoms with van der Waals surface area (Å²) >= 11 is 0. The number of amides is 1. The maximum Gasteiger partial charge on any atom is 0.253 e. The summed E-state index contributed by atoms with van der Waals surface area (Å²) in [5.74, 6) is 0.562. The van der Waals surface area contributed by atoms with Crippen molar-refractivity contribution in [1.29, 1.82) is 0 Å². The van der Waals surface area contributed by atoms with Gasteiger partial charge in [-0.2, -0.15) is 5.10 Å². The molecule has 0 aliphatic carbocycles. The predicted molar refractivity (Wildman–Crippen MR) is 107 cm³/mol. The number of nitrogens with zero attached hydrogens (tertiary/aromatic N) is 3. The molecule has 4 nitrogen and oxygen atoms in total. The maximum atomic E-state index is 13.1. The van der Waals surface area contributed by atoms with Crippen LogP contribution in [0.2, 0.25) is 0 Å². The number of hydrogen-bond donors (Lipinski definition) is 0. The lowest BCUT2D eigenvalue weighted by molar-refractivity contribution is 0.0706. The van der Waals surface area contributed by atoms with Crippen molar-refractivity contribution in [2.75, 3.05) is 13.1 Å². The number of aryl methyl sites for hydroxylation is 1. The molecule has 1 aliphatic rings. The number of benzene rings is 2. The third-order valence-corrected chi connectivity index (χ3v) is 5.41. The van der Waals surface area contributed by atoms with Crippen LogP contribution >= 0.6 is 0 Å². The van der Waals surface area contributed by atoms with Crippen molar-refractivity contribution in [1.82, 2.24) is 14.7 Å². The van der Waals surface area contributed by atoms with Gasteiger partial charge in [0.15, 0.2) is 0 Å². The highest BCUT2D eigenvalue weighted by molar-refractivity contribution is 5.94. The van der Waals surface area contributed by atoms with E-state index in [9.17, 15) is 4.79 Å². The average Bonchev–Trinajstić information content (AvgIpc) is 3.21. The summed E-state index contributed by atoms with van der Waals surface area (Å²) in [5, 5.41) is 4.25. The maximum absolute atomic E-state index is 13.1. The largest absolute Gasteiger partial charge is 0.338 e. The van der Waals surface area contributed by atoms with Crippen LogP contribution in [-0.2, 0) is 6.54 Å². The monoisotopic (exact) mass is 359 g/mol. The quantitative estimate of drug-likeness (QED) is 0.698. The SMILES string of the molecule is Cc1ccccc1C1CCCN(C(=O)c2cccc(Cn3cccn3)c2)C1. The second-order valence-electron chi connectivity index (χ2n) is 7.35. The molecule has 1 saturated heterocycles. The van der Waals surface area contributed by atoms with Crippen LogP contribution in [-0.4, -0.2) is 33.7 Å². The highest BCUT2D eigenvalue weighted by Crippen LogP contribution is 2.29. The molecule has 4 heteroatoms. The minimum atomic E-state index is 0.135. The van der Waals surface area contributed by atoms with Gasteiger partial charge in [-0.3, -0.25) is 9.48 Å². The second kappa shape index (κ2) is 7.78. The fraction of sp³-hybridized carbons (Fsp3) is 0.304. The molecule has 0 saturated carbocycles. The lowest BCUT2D eigenvalue weighted by Crippen LogP contribution is -2.39. The van der Waals surface area contributed by atoms with E-state index in [1.54, 1.807) is 6.20 Å². The summed E-state index contributed by atoms with van der Waals surface area (Å²) in [6.07, 6.45) is 5.91. The summed E-state index contributed by atoms with van der Waals surface area (Å²) < 4.78 is 1.87. The van der Waals surface area contributed by atoms with E-state index in [0.29, 0.717) is 12.5 Å². The first-order valence-electron chi connectivity index (χ1n) is 9.62. The number of aromatic nitrogens is 2. The molecule has 138 valence electrons. The lowest BCUT2D eigenvalue weighted by Gasteiger charge is -2.34. The van der Waals surface area contributed by atoms with Crippen molar-refractivity contribution < 1.29 is 4.79 Å². The highest BCUT2D eigenvalue weighted by atomic mass is 16.2. The van der Waals surface area contributed by atoms with Gasteiger partial charge in [0.2, 0.25) is 0 Å². The zero-order valence-corrected chi connectivity index (χ0v) is 15.7. The molecule has 0 spiro atoms. The average molecular weight is 359 g/mol. The number of hydrogen-bond acceptors (Lipinski definition) is 2. The van der Waals surface area contributed by atoms with Crippen molar-refractivity contribution >= 4 is 5.91 Å². The molecule has 1 amide bonds. The third kappa shape index (κ3) is 3.95. The Morgan fingerprint density at radius 3 is 2.85 bits per heavy atom. The summed E-state index contributed by atoms with van der Waals surface area (Å²) in [6, 6.07) is 18.4. The minimum Gasteiger partial charge on any atom is -0.338 e. The Labute approximate surface area is 160 Å². The molecule has 1 aromatic heterocycles. The van der Waals surface area contributed by atoms with E-state index in [1.807, 2.05) is 46.1 Å². The van der Waals surface area contributed by atoms with E-state index in [0.717, 1.165) is 37.1 Å². The van der Waals surface area contributed by atoms with Gasteiger partial charge in [0.1, 0.15) is 0 Å². The number of likely N-dealkylation sites (tertiary alicyclic amines) is 1. The van der Waals surface area contributed by atoms with Crippen LogP contribution in [0.3, 0.4) is 0 Å². The minimum absolute atomic E-state index is 0.135. The van der Waals surface area contributed by atoms with Crippen molar-refractivity contribution in [3.8, 4) is 0 Å². The Morgan fingerprint density at radius 2 is 2.04 bits per heavy atom. The van der Waals surface area contributed by atoms with Crippen molar-refractivity contribution in [3.05, 3.63) is 89.2 Å². The van der Waals surface area contributed by atoms with Gasteiger partial charge in [-0.05, 0) is 54.7 Å². The lowest BCUT2D eigenvalue weighted by atomic mass is 9.87. The van der Waals surface area contributed by atoms with Crippen LogP contribution in [0.4, 0.5) is 0 Å². The number of piperidine rings is 1. The fourth-order valence-electron chi connectivity index (χ4n) is 4.03.